The summed E-state index contributed by atoms with van der Waals surface area (Å²) in [5.41, 5.74) is 3.83. The van der Waals surface area contributed by atoms with Crippen molar-refractivity contribution in [3.05, 3.63) is 17.8 Å². The van der Waals surface area contributed by atoms with Crippen LogP contribution in [0.4, 0.5) is 4.39 Å². The van der Waals surface area contributed by atoms with Crippen LogP contribution in [-0.4, -0.2) is 11.5 Å². The lowest BCUT2D eigenvalue weighted by atomic mass is 10.1. The molecule has 0 aliphatic heterocycles. The van der Waals surface area contributed by atoms with Crippen LogP contribution in [0.2, 0.25) is 0 Å². The summed E-state index contributed by atoms with van der Waals surface area (Å²) >= 11 is 0. The summed E-state index contributed by atoms with van der Waals surface area (Å²) in [5.74, 6) is 0.754. The minimum atomic E-state index is -1.46. The van der Waals surface area contributed by atoms with Gasteiger partial charge in [0.15, 0.2) is 17.3 Å². The summed E-state index contributed by atoms with van der Waals surface area (Å²) < 4.78 is 18.3. The maximum atomic E-state index is 13.2. The van der Waals surface area contributed by atoms with Crippen molar-refractivity contribution in [1.29, 1.82) is 0 Å². The summed E-state index contributed by atoms with van der Waals surface area (Å²) in [6.45, 7) is 3.33. The second-order valence-corrected chi connectivity index (χ2v) is 3.13. The van der Waals surface area contributed by atoms with Crippen LogP contribution in [0, 0.1) is 0 Å². The van der Waals surface area contributed by atoms with Gasteiger partial charge in [-0.05, 0) is 13.8 Å². The number of halogens is 1. The molecule has 68 valence electrons. The number of nitrogens with zero attached hydrogens (tertiary/aromatic N) is 1. The van der Waals surface area contributed by atoms with Gasteiger partial charge in [0.05, 0.1) is 6.20 Å². The first-order chi connectivity index (χ1) is 5.54. The van der Waals surface area contributed by atoms with Gasteiger partial charge in [-0.15, -0.1) is 0 Å². The Morgan fingerprint density at radius 2 is 2.33 bits per heavy atom. The van der Waals surface area contributed by atoms with Gasteiger partial charge in [0, 0.05) is 13.0 Å². The Morgan fingerprint density at radius 1 is 1.67 bits per heavy atom. The average molecular weight is 172 g/mol. The quantitative estimate of drug-likeness (QED) is 0.749. The molecule has 3 nitrogen and oxygen atoms in total. The molecule has 0 spiro atoms. The molecule has 0 atom stereocenters. The predicted molar refractivity (Wildman–Crippen MR) is 43.4 cm³/mol. The van der Waals surface area contributed by atoms with Crippen molar-refractivity contribution in [2.75, 3.05) is 6.54 Å². The van der Waals surface area contributed by atoms with Gasteiger partial charge < -0.3 is 10.2 Å². The average Bonchev–Trinajstić information content (AvgIpc) is 2.35. The zero-order valence-corrected chi connectivity index (χ0v) is 7.30. The van der Waals surface area contributed by atoms with E-state index in [4.69, 9.17) is 10.2 Å². The molecular formula is C8H13FN2O. The summed E-state index contributed by atoms with van der Waals surface area (Å²) in [7, 11) is 0. The van der Waals surface area contributed by atoms with Crippen molar-refractivity contribution in [3.8, 4) is 0 Å². The first-order valence-corrected chi connectivity index (χ1v) is 3.88. The molecule has 0 saturated heterocycles. The molecule has 0 aliphatic carbocycles. The van der Waals surface area contributed by atoms with Gasteiger partial charge in [-0.2, -0.15) is 0 Å². The minimum Gasteiger partial charge on any atom is -0.442 e. The fraction of sp³-hybridized carbons (Fsp3) is 0.625. The first-order valence-electron chi connectivity index (χ1n) is 3.88. The van der Waals surface area contributed by atoms with Crippen LogP contribution in [0.1, 0.15) is 25.5 Å². The molecule has 0 aromatic carbocycles. The smallest absolute Gasteiger partial charge is 0.195 e. The van der Waals surface area contributed by atoms with E-state index in [0.717, 1.165) is 0 Å². The lowest BCUT2D eigenvalue weighted by Gasteiger charge is -2.08. The molecule has 1 aromatic rings. The predicted octanol–water partition coefficient (Wildman–Crippen LogP) is 1.38. The number of alkyl halides is 1. The Hall–Kier alpha value is -0.900. The van der Waals surface area contributed by atoms with Gasteiger partial charge in [0.25, 0.3) is 0 Å². The molecule has 1 aromatic heterocycles. The largest absolute Gasteiger partial charge is 0.442 e. The Bertz CT molecular complexity index is 252. The Balaban J connectivity index is 2.77. The second kappa shape index (κ2) is 3.23. The number of rotatable bonds is 3. The SMILES string of the molecule is CC(C)(F)c1cnc(CCN)o1. The summed E-state index contributed by atoms with van der Waals surface area (Å²) in [5, 5.41) is 0. The van der Waals surface area contributed by atoms with E-state index < -0.39 is 5.67 Å². The molecule has 0 unspecified atom stereocenters. The maximum Gasteiger partial charge on any atom is 0.195 e. The number of aromatic nitrogens is 1. The number of nitrogens with two attached hydrogens (primary N) is 1. The van der Waals surface area contributed by atoms with Gasteiger partial charge in [-0.3, -0.25) is 0 Å². The highest BCUT2D eigenvalue weighted by Crippen LogP contribution is 2.24. The van der Waals surface area contributed by atoms with Crippen molar-refractivity contribution < 1.29 is 8.81 Å². The van der Waals surface area contributed by atoms with E-state index in [1.54, 1.807) is 0 Å². The van der Waals surface area contributed by atoms with Crippen molar-refractivity contribution in [2.24, 2.45) is 5.73 Å². The molecule has 4 heteroatoms. The van der Waals surface area contributed by atoms with Crippen LogP contribution >= 0.6 is 0 Å². The van der Waals surface area contributed by atoms with Crippen LogP contribution in [0.3, 0.4) is 0 Å². The maximum absolute atomic E-state index is 13.2. The van der Waals surface area contributed by atoms with E-state index in [-0.39, 0.29) is 5.76 Å². The first kappa shape index (κ1) is 9.19. The van der Waals surface area contributed by atoms with E-state index in [0.29, 0.717) is 18.9 Å². The van der Waals surface area contributed by atoms with E-state index in [1.807, 2.05) is 0 Å². The molecule has 0 bridgehead atoms. The Kier molecular flexibility index (Phi) is 2.47. The lowest BCUT2D eigenvalue weighted by molar-refractivity contribution is 0.175. The molecular weight excluding hydrogens is 159 g/mol. The summed E-state index contributed by atoms with van der Waals surface area (Å²) in [4.78, 5) is 3.89. The van der Waals surface area contributed by atoms with Gasteiger partial charge >= 0.3 is 0 Å². The highest BCUT2D eigenvalue weighted by Gasteiger charge is 2.23. The van der Waals surface area contributed by atoms with Crippen LogP contribution in [0.25, 0.3) is 0 Å². The van der Waals surface area contributed by atoms with E-state index in [9.17, 15) is 4.39 Å². The van der Waals surface area contributed by atoms with E-state index in [1.165, 1.54) is 20.0 Å². The zero-order chi connectivity index (χ0) is 9.19. The number of hydrogen-bond acceptors (Lipinski definition) is 3. The summed E-state index contributed by atoms with van der Waals surface area (Å²) in [6, 6.07) is 0. The van der Waals surface area contributed by atoms with Gasteiger partial charge in [-0.1, -0.05) is 0 Å². The molecule has 1 rings (SSSR count). The molecule has 0 fully saturated rings. The van der Waals surface area contributed by atoms with Crippen LogP contribution in [-0.2, 0) is 12.1 Å². The highest BCUT2D eigenvalue weighted by molar-refractivity contribution is 5.03. The van der Waals surface area contributed by atoms with Crippen LogP contribution in [0.5, 0.6) is 0 Å². The molecule has 2 N–H and O–H groups in total. The van der Waals surface area contributed by atoms with Gasteiger partial charge in [0.1, 0.15) is 0 Å². The van der Waals surface area contributed by atoms with Crippen LogP contribution in [0.15, 0.2) is 10.6 Å². The second-order valence-electron chi connectivity index (χ2n) is 3.13. The molecule has 0 amide bonds. The topological polar surface area (TPSA) is 52.0 Å². The van der Waals surface area contributed by atoms with E-state index in [2.05, 4.69) is 4.98 Å². The van der Waals surface area contributed by atoms with E-state index >= 15 is 0 Å². The normalized spacial score (nSPS) is 12.0. The van der Waals surface area contributed by atoms with Gasteiger partial charge in [0.2, 0.25) is 0 Å². The van der Waals surface area contributed by atoms with Gasteiger partial charge in [-0.25, -0.2) is 9.37 Å². The molecule has 0 radical (unpaired) electrons. The molecule has 0 saturated carbocycles. The molecule has 1 heterocycles. The van der Waals surface area contributed by atoms with Crippen LogP contribution < -0.4 is 5.73 Å². The third-order valence-electron chi connectivity index (χ3n) is 1.50. The highest BCUT2D eigenvalue weighted by atomic mass is 19.1. The van der Waals surface area contributed by atoms with Crippen molar-refractivity contribution >= 4 is 0 Å². The molecule has 0 aliphatic rings. The third kappa shape index (κ3) is 2.04. The van der Waals surface area contributed by atoms with Crippen molar-refractivity contribution in [1.82, 2.24) is 4.98 Å². The van der Waals surface area contributed by atoms with Crippen molar-refractivity contribution in [3.63, 3.8) is 0 Å². The monoisotopic (exact) mass is 172 g/mol. The van der Waals surface area contributed by atoms with Crippen molar-refractivity contribution in [2.45, 2.75) is 25.9 Å². The summed E-state index contributed by atoms with van der Waals surface area (Å²) in [6.07, 6.45) is 1.96. The fourth-order valence-electron chi connectivity index (χ4n) is 0.824. The Labute approximate surface area is 70.8 Å². The zero-order valence-electron chi connectivity index (χ0n) is 7.30. The number of oxazole rings is 1. The Morgan fingerprint density at radius 3 is 2.75 bits per heavy atom. The lowest BCUT2D eigenvalue weighted by Crippen LogP contribution is -2.07. The molecule has 12 heavy (non-hydrogen) atoms. The standard InChI is InChI=1S/C8H13FN2O/c1-8(2,9)6-5-11-7(12-6)3-4-10/h5H,3-4,10H2,1-2H3. The third-order valence-corrected chi connectivity index (χ3v) is 1.50. The number of hydrogen-bond donors (Lipinski definition) is 1. The minimum absolute atomic E-state index is 0.256. The fourth-order valence-corrected chi connectivity index (χ4v) is 0.824.